The molecule has 3 nitrogen and oxygen atoms in total. The van der Waals surface area contributed by atoms with Crippen LogP contribution in [0.4, 0.5) is 0 Å². The molecule has 0 saturated carbocycles. The molecular weight excluding hydrogens is 482 g/mol. The first-order valence-electron chi connectivity index (χ1n) is 13.2. The van der Waals surface area contributed by atoms with Gasteiger partial charge in [0.15, 0.2) is 0 Å². The van der Waals surface area contributed by atoms with Crippen molar-refractivity contribution in [1.82, 2.24) is 15.2 Å². The third-order valence-corrected chi connectivity index (χ3v) is 8.62. The molecule has 38 heavy (non-hydrogen) atoms. The van der Waals surface area contributed by atoms with Crippen LogP contribution >= 0.6 is 11.3 Å². The van der Waals surface area contributed by atoms with E-state index in [1.807, 2.05) is 11.3 Å². The molecular formula is C34H29N3S. The first-order chi connectivity index (χ1) is 18.8. The average Bonchev–Trinajstić information content (AvgIpc) is 3.50. The van der Waals surface area contributed by atoms with Gasteiger partial charge in [-0.1, -0.05) is 97.1 Å². The summed E-state index contributed by atoms with van der Waals surface area (Å²) in [5, 5.41) is 13.0. The number of hydrogen-bond acceptors (Lipinski definition) is 3. The number of nitrogens with zero attached hydrogens (tertiary/aromatic N) is 1. The molecule has 0 bridgehead atoms. The monoisotopic (exact) mass is 511 g/mol. The van der Waals surface area contributed by atoms with Gasteiger partial charge < -0.3 is 4.57 Å². The summed E-state index contributed by atoms with van der Waals surface area (Å²) in [5.74, 6) is 0. The highest BCUT2D eigenvalue weighted by Gasteiger charge is 2.20. The number of para-hydroxylation sites is 1. The summed E-state index contributed by atoms with van der Waals surface area (Å²) in [4.78, 5) is 0. The minimum Gasteiger partial charge on any atom is -0.324 e. The Bertz CT molecular complexity index is 1870. The Morgan fingerprint density at radius 2 is 1.32 bits per heavy atom. The Morgan fingerprint density at radius 1 is 0.632 bits per heavy atom. The van der Waals surface area contributed by atoms with Gasteiger partial charge in [0.1, 0.15) is 0 Å². The Morgan fingerprint density at radius 3 is 2.13 bits per heavy atom. The van der Waals surface area contributed by atoms with Gasteiger partial charge in [-0.2, -0.15) is 0 Å². The van der Waals surface area contributed by atoms with E-state index >= 15 is 0 Å². The lowest BCUT2D eigenvalue weighted by Crippen LogP contribution is -2.37. The van der Waals surface area contributed by atoms with E-state index < -0.39 is 0 Å². The zero-order valence-corrected chi connectivity index (χ0v) is 22.1. The van der Waals surface area contributed by atoms with Crippen LogP contribution in [0.25, 0.3) is 42.0 Å². The summed E-state index contributed by atoms with van der Waals surface area (Å²) >= 11 is 1.88. The maximum absolute atomic E-state index is 3.92. The van der Waals surface area contributed by atoms with E-state index in [-0.39, 0.29) is 12.3 Å². The molecule has 186 valence electrons. The van der Waals surface area contributed by atoms with Gasteiger partial charge in [-0.15, -0.1) is 11.3 Å². The van der Waals surface area contributed by atoms with Crippen LogP contribution in [-0.4, -0.2) is 4.57 Å². The first-order valence-corrected chi connectivity index (χ1v) is 14.0. The highest BCUT2D eigenvalue weighted by atomic mass is 32.1. The van der Waals surface area contributed by atoms with Crippen LogP contribution < -0.4 is 10.6 Å². The predicted molar refractivity (Wildman–Crippen MR) is 163 cm³/mol. The standard InChI is InChI=1S/C34H29N3S/c1-23(36-34(25-14-6-3-7-15-25)35-22-24-12-4-2-5-13-24)37-30-18-10-8-16-26(30)28-20-29-27-17-9-11-19-32(27)38-33(29)21-31(28)37/h2-21,23,34-36H,22H2,1H3. The van der Waals surface area contributed by atoms with Crippen molar-refractivity contribution >= 4 is 53.3 Å². The maximum atomic E-state index is 3.92. The van der Waals surface area contributed by atoms with Gasteiger partial charge in [-0.05, 0) is 42.3 Å². The molecule has 2 N–H and O–H groups in total. The number of fused-ring (bicyclic) bond motifs is 6. The molecule has 2 atom stereocenters. The van der Waals surface area contributed by atoms with E-state index in [9.17, 15) is 0 Å². The van der Waals surface area contributed by atoms with Crippen LogP contribution in [0.1, 0.15) is 30.4 Å². The third kappa shape index (κ3) is 4.07. The average molecular weight is 512 g/mol. The minimum atomic E-state index is -0.00400. The quantitative estimate of drug-likeness (QED) is 0.209. The summed E-state index contributed by atoms with van der Waals surface area (Å²) in [7, 11) is 0. The van der Waals surface area contributed by atoms with Crippen LogP contribution in [0.2, 0.25) is 0 Å². The molecule has 0 saturated heterocycles. The van der Waals surface area contributed by atoms with Crippen molar-refractivity contribution in [2.24, 2.45) is 0 Å². The lowest BCUT2D eigenvalue weighted by atomic mass is 10.1. The lowest BCUT2D eigenvalue weighted by Gasteiger charge is -2.27. The number of nitrogens with one attached hydrogen (secondary N) is 2. The maximum Gasteiger partial charge on any atom is 0.0853 e. The molecule has 2 unspecified atom stereocenters. The SMILES string of the molecule is CC(NC(NCc1ccccc1)c1ccccc1)n1c2ccccc2c2cc3c(cc21)sc1ccccc13. The fourth-order valence-corrected chi connectivity index (χ4v) is 6.81. The Balaban J connectivity index is 1.32. The van der Waals surface area contributed by atoms with Crippen LogP contribution in [0.3, 0.4) is 0 Å². The Labute approximate surface area is 226 Å². The van der Waals surface area contributed by atoms with Crippen molar-refractivity contribution in [2.45, 2.75) is 25.8 Å². The van der Waals surface area contributed by atoms with Gasteiger partial charge >= 0.3 is 0 Å². The van der Waals surface area contributed by atoms with Gasteiger partial charge in [0.05, 0.1) is 23.4 Å². The molecule has 5 aromatic carbocycles. The van der Waals surface area contributed by atoms with Crippen LogP contribution in [0.5, 0.6) is 0 Å². The van der Waals surface area contributed by atoms with Crippen molar-refractivity contribution in [3.8, 4) is 0 Å². The van der Waals surface area contributed by atoms with Gasteiger partial charge in [0.25, 0.3) is 0 Å². The minimum absolute atomic E-state index is 0.00400. The van der Waals surface area contributed by atoms with Crippen molar-refractivity contribution < 1.29 is 0 Å². The normalized spacial score (nSPS) is 13.5. The van der Waals surface area contributed by atoms with Crippen LogP contribution in [0.15, 0.2) is 121 Å². The number of aromatic nitrogens is 1. The Kier molecular flexibility index (Phi) is 5.94. The first kappa shape index (κ1) is 23.2. The van der Waals surface area contributed by atoms with Crippen molar-refractivity contribution in [3.63, 3.8) is 0 Å². The predicted octanol–water partition coefficient (Wildman–Crippen LogP) is 8.76. The van der Waals surface area contributed by atoms with Gasteiger partial charge in [-0.25, -0.2) is 0 Å². The largest absolute Gasteiger partial charge is 0.324 e. The van der Waals surface area contributed by atoms with E-state index in [4.69, 9.17) is 0 Å². The topological polar surface area (TPSA) is 29.0 Å². The molecule has 7 rings (SSSR count). The van der Waals surface area contributed by atoms with Gasteiger partial charge in [-0.3, -0.25) is 10.6 Å². The fraction of sp³-hybridized carbons (Fsp3) is 0.118. The second-order valence-corrected chi connectivity index (χ2v) is 11.0. The molecule has 7 aromatic rings. The molecule has 2 heterocycles. The van der Waals surface area contributed by atoms with E-state index in [0.717, 1.165) is 6.54 Å². The lowest BCUT2D eigenvalue weighted by molar-refractivity contribution is 0.343. The van der Waals surface area contributed by atoms with E-state index in [1.165, 1.54) is 53.1 Å². The molecule has 2 aromatic heterocycles. The number of thiophene rings is 1. The summed E-state index contributed by atoms with van der Waals surface area (Å²) in [6.07, 6.45) is 0.0494. The van der Waals surface area contributed by atoms with Crippen molar-refractivity contribution in [1.29, 1.82) is 0 Å². The highest BCUT2D eigenvalue weighted by molar-refractivity contribution is 7.25. The summed E-state index contributed by atoms with van der Waals surface area (Å²) < 4.78 is 5.14. The third-order valence-electron chi connectivity index (χ3n) is 7.49. The summed E-state index contributed by atoms with van der Waals surface area (Å²) in [5.41, 5.74) is 5.01. The zero-order chi connectivity index (χ0) is 25.5. The smallest absolute Gasteiger partial charge is 0.0853 e. The molecule has 0 aliphatic rings. The van der Waals surface area contributed by atoms with Crippen LogP contribution in [0, 0.1) is 0 Å². The molecule has 0 aliphatic carbocycles. The van der Waals surface area contributed by atoms with E-state index in [0.29, 0.717) is 0 Å². The summed E-state index contributed by atoms with van der Waals surface area (Å²) in [6, 6.07) is 43.6. The Hall–Kier alpha value is -3.96. The zero-order valence-electron chi connectivity index (χ0n) is 21.3. The molecule has 0 amide bonds. The highest BCUT2D eigenvalue weighted by Crippen LogP contribution is 2.40. The fourth-order valence-electron chi connectivity index (χ4n) is 5.68. The molecule has 4 heteroatoms. The number of rotatable bonds is 7. The number of hydrogen-bond donors (Lipinski definition) is 2. The summed E-state index contributed by atoms with van der Waals surface area (Å²) in [6.45, 7) is 3.05. The van der Waals surface area contributed by atoms with Gasteiger partial charge in [0.2, 0.25) is 0 Å². The van der Waals surface area contributed by atoms with E-state index in [2.05, 4.69) is 143 Å². The van der Waals surface area contributed by atoms with Crippen molar-refractivity contribution in [2.75, 3.05) is 0 Å². The molecule has 0 radical (unpaired) electrons. The molecule has 0 aliphatic heterocycles. The van der Waals surface area contributed by atoms with Gasteiger partial charge in [0, 0.05) is 37.5 Å². The van der Waals surface area contributed by atoms with Crippen LogP contribution in [-0.2, 0) is 6.54 Å². The second-order valence-electron chi connectivity index (χ2n) is 9.90. The van der Waals surface area contributed by atoms with Crippen molar-refractivity contribution in [3.05, 3.63) is 132 Å². The van der Waals surface area contributed by atoms with E-state index in [1.54, 1.807) is 0 Å². The number of benzene rings is 5. The molecule has 0 fully saturated rings. The molecule has 0 spiro atoms. The second kappa shape index (κ2) is 9.73.